The fourth-order valence-corrected chi connectivity index (χ4v) is 1.33. The molecule has 1 unspecified atom stereocenters. The van der Waals surface area contributed by atoms with E-state index in [2.05, 4.69) is 33.1 Å². The van der Waals surface area contributed by atoms with Crippen LogP contribution in [0.25, 0.3) is 0 Å². The maximum absolute atomic E-state index is 5.42. The Kier molecular flexibility index (Phi) is 4.69. The molecule has 68 valence electrons. The van der Waals surface area contributed by atoms with Crippen LogP contribution >= 0.6 is 0 Å². The fraction of sp³-hybridized carbons (Fsp3) is 1.00. The van der Waals surface area contributed by atoms with Gasteiger partial charge in [0.1, 0.15) is 0 Å². The van der Waals surface area contributed by atoms with E-state index in [0.717, 1.165) is 6.42 Å². The van der Waals surface area contributed by atoms with Crippen LogP contribution in [0.15, 0.2) is 0 Å². The van der Waals surface area contributed by atoms with Gasteiger partial charge in [-0.2, -0.15) is 0 Å². The molecule has 0 saturated carbocycles. The molecule has 0 bridgehead atoms. The van der Waals surface area contributed by atoms with E-state index in [1.165, 1.54) is 12.8 Å². The molecule has 0 aromatic carbocycles. The standard InChI is InChI=1S/C9H22N2/c1-5-6-8(11-10)7-9(2,3)4/h8,11H,5-7,10H2,1-4H3. The minimum absolute atomic E-state index is 0.381. The van der Waals surface area contributed by atoms with Crippen LogP contribution < -0.4 is 11.3 Å². The van der Waals surface area contributed by atoms with Crippen molar-refractivity contribution < 1.29 is 0 Å². The summed E-state index contributed by atoms with van der Waals surface area (Å²) in [6.45, 7) is 8.92. The van der Waals surface area contributed by atoms with E-state index >= 15 is 0 Å². The highest BCUT2D eigenvalue weighted by molar-refractivity contribution is 4.71. The van der Waals surface area contributed by atoms with Crippen LogP contribution in [-0.2, 0) is 0 Å². The average Bonchev–Trinajstić information content (AvgIpc) is 1.84. The average molecular weight is 158 g/mol. The van der Waals surface area contributed by atoms with E-state index in [0.29, 0.717) is 11.5 Å². The Hall–Kier alpha value is -0.0800. The normalized spacial score (nSPS) is 15.0. The number of rotatable bonds is 4. The molecule has 0 fully saturated rings. The number of nitrogens with two attached hydrogens (primary N) is 1. The first-order valence-corrected chi connectivity index (χ1v) is 4.45. The molecular formula is C9H22N2. The minimum atomic E-state index is 0.381. The summed E-state index contributed by atoms with van der Waals surface area (Å²) in [5, 5.41) is 0. The Morgan fingerprint density at radius 2 is 1.91 bits per heavy atom. The van der Waals surface area contributed by atoms with Crippen molar-refractivity contribution in [2.45, 2.75) is 53.0 Å². The molecule has 0 saturated heterocycles. The van der Waals surface area contributed by atoms with E-state index in [1.807, 2.05) is 0 Å². The van der Waals surface area contributed by atoms with E-state index in [1.54, 1.807) is 0 Å². The lowest BCUT2D eigenvalue weighted by Crippen LogP contribution is -2.37. The van der Waals surface area contributed by atoms with Gasteiger partial charge in [0.25, 0.3) is 0 Å². The Bertz CT molecular complexity index is 94.2. The molecule has 0 aromatic heterocycles. The summed E-state index contributed by atoms with van der Waals surface area (Å²) in [7, 11) is 0. The van der Waals surface area contributed by atoms with Crippen molar-refractivity contribution in [2.75, 3.05) is 0 Å². The SMILES string of the molecule is CCCC(CC(C)(C)C)NN. The van der Waals surface area contributed by atoms with Gasteiger partial charge in [-0.25, -0.2) is 0 Å². The molecule has 2 nitrogen and oxygen atoms in total. The second-order valence-corrected chi connectivity index (χ2v) is 4.42. The van der Waals surface area contributed by atoms with Gasteiger partial charge in [0.2, 0.25) is 0 Å². The summed E-state index contributed by atoms with van der Waals surface area (Å²) in [5.41, 5.74) is 3.24. The lowest BCUT2D eigenvalue weighted by atomic mass is 9.87. The summed E-state index contributed by atoms with van der Waals surface area (Å²) in [4.78, 5) is 0. The zero-order valence-electron chi connectivity index (χ0n) is 8.28. The van der Waals surface area contributed by atoms with Crippen molar-refractivity contribution in [2.24, 2.45) is 11.3 Å². The van der Waals surface area contributed by atoms with Crippen molar-refractivity contribution in [3.8, 4) is 0 Å². The Balaban J connectivity index is 3.68. The zero-order chi connectivity index (χ0) is 8.91. The monoisotopic (exact) mass is 158 g/mol. The Labute approximate surface area is 70.5 Å². The molecule has 0 heterocycles. The molecule has 2 heteroatoms. The highest BCUT2D eigenvalue weighted by Gasteiger charge is 2.16. The molecule has 0 aliphatic heterocycles. The van der Waals surface area contributed by atoms with Crippen LogP contribution in [-0.4, -0.2) is 6.04 Å². The summed E-state index contributed by atoms with van der Waals surface area (Å²) < 4.78 is 0. The molecule has 0 aromatic rings. The number of hydrazine groups is 1. The lowest BCUT2D eigenvalue weighted by molar-refractivity contribution is 0.299. The molecule has 0 aliphatic rings. The molecule has 0 radical (unpaired) electrons. The molecule has 0 aliphatic carbocycles. The third-order valence-electron chi connectivity index (χ3n) is 1.73. The predicted octanol–water partition coefficient (Wildman–Crippen LogP) is 2.05. The molecular weight excluding hydrogens is 136 g/mol. The van der Waals surface area contributed by atoms with E-state index < -0.39 is 0 Å². The van der Waals surface area contributed by atoms with Gasteiger partial charge in [0.15, 0.2) is 0 Å². The maximum atomic E-state index is 5.42. The molecule has 0 spiro atoms. The summed E-state index contributed by atoms with van der Waals surface area (Å²) in [6, 6.07) is 0.486. The minimum Gasteiger partial charge on any atom is -0.271 e. The first kappa shape index (κ1) is 10.9. The molecule has 1 atom stereocenters. The van der Waals surface area contributed by atoms with Crippen LogP contribution in [0.4, 0.5) is 0 Å². The fourth-order valence-electron chi connectivity index (χ4n) is 1.33. The number of hydrogen-bond acceptors (Lipinski definition) is 2. The second-order valence-electron chi connectivity index (χ2n) is 4.42. The van der Waals surface area contributed by atoms with E-state index in [4.69, 9.17) is 5.84 Å². The van der Waals surface area contributed by atoms with Crippen LogP contribution in [0, 0.1) is 5.41 Å². The predicted molar refractivity (Wildman–Crippen MR) is 50.1 cm³/mol. The van der Waals surface area contributed by atoms with Crippen LogP contribution in [0.1, 0.15) is 47.0 Å². The van der Waals surface area contributed by atoms with Crippen LogP contribution in [0.2, 0.25) is 0 Å². The molecule has 3 N–H and O–H groups in total. The topological polar surface area (TPSA) is 38.0 Å². The highest BCUT2D eigenvalue weighted by atomic mass is 15.2. The smallest absolute Gasteiger partial charge is 0.0215 e. The third-order valence-corrected chi connectivity index (χ3v) is 1.73. The van der Waals surface area contributed by atoms with Crippen molar-refractivity contribution in [1.29, 1.82) is 0 Å². The largest absolute Gasteiger partial charge is 0.271 e. The van der Waals surface area contributed by atoms with Gasteiger partial charge in [-0.15, -0.1) is 0 Å². The van der Waals surface area contributed by atoms with Crippen molar-refractivity contribution >= 4 is 0 Å². The molecule has 0 rings (SSSR count). The molecule has 11 heavy (non-hydrogen) atoms. The van der Waals surface area contributed by atoms with E-state index in [-0.39, 0.29) is 0 Å². The first-order chi connectivity index (χ1) is 4.99. The van der Waals surface area contributed by atoms with Crippen molar-refractivity contribution in [3.63, 3.8) is 0 Å². The van der Waals surface area contributed by atoms with Crippen LogP contribution in [0.5, 0.6) is 0 Å². The van der Waals surface area contributed by atoms with Gasteiger partial charge < -0.3 is 0 Å². The van der Waals surface area contributed by atoms with Gasteiger partial charge in [-0.3, -0.25) is 11.3 Å². The summed E-state index contributed by atoms with van der Waals surface area (Å²) in [5.74, 6) is 5.42. The van der Waals surface area contributed by atoms with Gasteiger partial charge >= 0.3 is 0 Å². The number of nitrogens with one attached hydrogen (secondary N) is 1. The van der Waals surface area contributed by atoms with Crippen molar-refractivity contribution in [3.05, 3.63) is 0 Å². The second kappa shape index (κ2) is 4.73. The maximum Gasteiger partial charge on any atom is 0.0215 e. The Morgan fingerprint density at radius 1 is 1.36 bits per heavy atom. The highest BCUT2D eigenvalue weighted by Crippen LogP contribution is 2.22. The summed E-state index contributed by atoms with van der Waals surface area (Å²) >= 11 is 0. The third kappa shape index (κ3) is 6.32. The summed E-state index contributed by atoms with van der Waals surface area (Å²) in [6.07, 6.45) is 3.52. The zero-order valence-corrected chi connectivity index (χ0v) is 8.28. The van der Waals surface area contributed by atoms with Crippen molar-refractivity contribution in [1.82, 2.24) is 5.43 Å². The lowest BCUT2D eigenvalue weighted by Gasteiger charge is -2.24. The van der Waals surface area contributed by atoms with Gasteiger partial charge in [-0.1, -0.05) is 34.1 Å². The molecule has 0 amide bonds. The quantitative estimate of drug-likeness (QED) is 0.485. The number of hydrogen-bond donors (Lipinski definition) is 2. The van der Waals surface area contributed by atoms with Crippen LogP contribution in [0.3, 0.4) is 0 Å². The van der Waals surface area contributed by atoms with Gasteiger partial charge in [0.05, 0.1) is 0 Å². The Morgan fingerprint density at radius 3 is 2.18 bits per heavy atom. The van der Waals surface area contributed by atoms with E-state index in [9.17, 15) is 0 Å². The van der Waals surface area contributed by atoms with Gasteiger partial charge in [-0.05, 0) is 18.3 Å². The first-order valence-electron chi connectivity index (χ1n) is 4.45. The van der Waals surface area contributed by atoms with Gasteiger partial charge in [0, 0.05) is 6.04 Å².